The summed E-state index contributed by atoms with van der Waals surface area (Å²) in [6, 6.07) is 0. The van der Waals surface area contributed by atoms with Gasteiger partial charge in [0.1, 0.15) is 0 Å². The van der Waals surface area contributed by atoms with Crippen molar-refractivity contribution in [3.05, 3.63) is 0 Å². The lowest BCUT2D eigenvalue weighted by Gasteiger charge is -2.33. The molecule has 0 unspecified atom stereocenters. The van der Waals surface area contributed by atoms with Gasteiger partial charge in [-0.3, -0.25) is 4.79 Å². The number of nitrogens with zero attached hydrogens (tertiary/aromatic N) is 2. The Bertz CT molecular complexity index is 556. The van der Waals surface area contributed by atoms with Gasteiger partial charge in [-0.2, -0.15) is 0 Å². The van der Waals surface area contributed by atoms with Gasteiger partial charge in [0.15, 0.2) is 0 Å². The summed E-state index contributed by atoms with van der Waals surface area (Å²) < 4.78 is 26.3. The normalized spacial score (nSPS) is 32.2. The minimum absolute atomic E-state index is 0.105. The molecular weight excluding hydrogens is 300 g/mol. The van der Waals surface area contributed by atoms with Crippen LogP contribution in [0.25, 0.3) is 0 Å². The number of carbonyl (C=O) groups excluding carboxylic acids is 1. The number of rotatable bonds is 3. The smallest absolute Gasteiger partial charge is 0.226 e. The zero-order valence-electron chi connectivity index (χ0n) is 13.2. The van der Waals surface area contributed by atoms with Crippen molar-refractivity contribution in [2.45, 2.75) is 56.6 Å². The Morgan fingerprint density at radius 3 is 2.18 bits per heavy atom. The molecule has 2 aliphatic carbocycles. The van der Waals surface area contributed by atoms with E-state index in [1.54, 1.807) is 4.31 Å². The van der Waals surface area contributed by atoms with E-state index in [0.29, 0.717) is 19.0 Å². The average molecular weight is 326 g/mol. The fraction of sp³-hybridized carbons (Fsp3) is 0.938. The molecule has 4 fully saturated rings. The van der Waals surface area contributed by atoms with E-state index in [9.17, 15) is 13.2 Å². The molecule has 0 radical (unpaired) electrons. The molecule has 2 aliphatic heterocycles. The zero-order valence-corrected chi connectivity index (χ0v) is 14.0. The molecule has 2 heterocycles. The number of piperidine rings is 2. The number of sulfonamides is 1. The third-order valence-electron chi connectivity index (χ3n) is 6.18. The first-order valence-electron chi connectivity index (χ1n) is 8.81. The van der Waals surface area contributed by atoms with Crippen LogP contribution in [0.5, 0.6) is 0 Å². The number of hydrogen-bond acceptors (Lipinski definition) is 3. The molecule has 0 aromatic heterocycles. The Balaban J connectivity index is 1.35. The molecule has 4 rings (SSSR count). The summed E-state index contributed by atoms with van der Waals surface area (Å²) >= 11 is 0. The second-order valence-corrected chi connectivity index (χ2v) is 9.86. The van der Waals surface area contributed by atoms with Gasteiger partial charge >= 0.3 is 0 Å². The third-order valence-corrected chi connectivity index (χ3v) is 8.58. The van der Waals surface area contributed by atoms with E-state index >= 15 is 0 Å². The molecule has 1 spiro atoms. The van der Waals surface area contributed by atoms with Gasteiger partial charge in [0.2, 0.25) is 15.9 Å². The molecule has 2 saturated carbocycles. The van der Waals surface area contributed by atoms with Crippen molar-refractivity contribution in [2.24, 2.45) is 11.3 Å². The minimum Gasteiger partial charge on any atom is -0.342 e. The van der Waals surface area contributed by atoms with Gasteiger partial charge in [-0.1, -0.05) is 0 Å². The number of likely N-dealkylation sites (tertiary alicyclic amines) is 1. The highest BCUT2D eigenvalue weighted by molar-refractivity contribution is 7.90. The van der Waals surface area contributed by atoms with Crippen LogP contribution in [0.15, 0.2) is 0 Å². The number of amides is 1. The molecule has 0 aromatic carbocycles. The SMILES string of the molecule is O=C([C@@H]1CC12CCN(S(=O)(=O)C1CC1)CC2)N1CCCCC1. The van der Waals surface area contributed by atoms with Crippen molar-refractivity contribution in [1.82, 2.24) is 9.21 Å². The van der Waals surface area contributed by atoms with Crippen LogP contribution in [-0.2, 0) is 14.8 Å². The van der Waals surface area contributed by atoms with Gasteiger partial charge in [0.05, 0.1) is 5.25 Å². The Labute approximate surface area is 133 Å². The van der Waals surface area contributed by atoms with E-state index in [1.807, 2.05) is 0 Å². The Hall–Kier alpha value is -0.620. The van der Waals surface area contributed by atoms with E-state index in [4.69, 9.17) is 0 Å². The maximum absolute atomic E-state index is 12.6. The van der Waals surface area contributed by atoms with Gasteiger partial charge in [0.25, 0.3) is 0 Å². The zero-order chi connectivity index (χ0) is 15.4. The molecule has 5 nitrogen and oxygen atoms in total. The van der Waals surface area contributed by atoms with Crippen LogP contribution in [-0.4, -0.2) is 55.0 Å². The van der Waals surface area contributed by atoms with Crippen LogP contribution >= 0.6 is 0 Å². The van der Waals surface area contributed by atoms with Crippen molar-refractivity contribution in [3.8, 4) is 0 Å². The lowest BCUT2D eigenvalue weighted by atomic mass is 9.91. The Morgan fingerprint density at radius 2 is 1.59 bits per heavy atom. The van der Waals surface area contributed by atoms with Crippen LogP contribution in [0.2, 0.25) is 0 Å². The summed E-state index contributed by atoms with van der Waals surface area (Å²) in [4.78, 5) is 14.7. The predicted octanol–water partition coefficient (Wildman–Crippen LogP) is 1.59. The molecule has 1 amide bonds. The second-order valence-electron chi connectivity index (χ2n) is 7.65. The van der Waals surface area contributed by atoms with Gasteiger partial charge in [-0.15, -0.1) is 0 Å². The van der Waals surface area contributed by atoms with Crippen molar-refractivity contribution < 1.29 is 13.2 Å². The molecule has 0 bridgehead atoms. The molecule has 4 aliphatic rings. The molecule has 1 atom stereocenters. The maximum atomic E-state index is 12.6. The minimum atomic E-state index is -3.03. The van der Waals surface area contributed by atoms with E-state index in [1.165, 1.54) is 6.42 Å². The van der Waals surface area contributed by atoms with E-state index < -0.39 is 10.0 Å². The second kappa shape index (κ2) is 5.20. The van der Waals surface area contributed by atoms with Crippen molar-refractivity contribution >= 4 is 15.9 Å². The Kier molecular flexibility index (Phi) is 3.53. The van der Waals surface area contributed by atoms with Crippen LogP contribution in [0, 0.1) is 11.3 Å². The molecule has 22 heavy (non-hydrogen) atoms. The lowest BCUT2D eigenvalue weighted by Crippen LogP contribution is -2.43. The first-order valence-corrected chi connectivity index (χ1v) is 10.3. The molecule has 124 valence electrons. The predicted molar refractivity (Wildman–Crippen MR) is 83.7 cm³/mol. The fourth-order valence-corrected chi connectivity index (χ4v) is 6.19. The van der Waals surface area contributed by atoms with Crippen LogP contribution in [0.4, 0.5) is 0 Å². The molecular formula is C16H26N2O3S. The summed E-state index contributed by atoms with van der Waals surface area (Å²) in [5.74, 6) is 0.523. The highest BCUT2D eigenvalue weighted by Gasteiger charge is 2.60. The standard InChI is InChI=1S/C16H26N2O3S/c19-15(17-8-2-1-3-9-17)14-12-16(14)6-10-18(11-7-16)22(20,21)13-4-5-13/h13-14H,1-12H2/t14-/m0/s1. The first kappa shape index (κ1) is 14.9. The van der Waals surface area contributed by atoms with Gasteiger partial charge in [-0.05, 0) is 56.8 Å². The summed E-state index contributed by atoms with van der Waals surface area (Å²) in [7, 11) is -3.03. The van der Waals surface area contributed by atoms with Gasteiger partial charge < -0.3 is 4.90 Å². The van der Waals surface area contributed by atoms with Crippen LogP contribution in [0.1, 0.15) is 51.4 Å². The highest BCUT2D eigenvalue weighted by Crippen LogP contribution is 2.60. The third kappa shape index (κ3) is 2.48. The largest absolute Gasteiger partial charge is 0.342 e. The van der Waals surface area contributed by atoms with Gasteiger partial charge in [0, 0.05) is 32.1 Å². The van der Waals surface area contributed by atoms with Gasteiger partial charge in [-0.25, -0.2) is 12.7 Å². The quantitative estimate of drug-likeness (QED) is 0.791. The molecule has 6 heteroatoms. The van der Waals surface area contributed by atoms with E-state index in [-0.39, 0.29) is 16.6 Å². The monoisotopic (exact) mass is 326 g/mol. The van der Waals surface area contributed by atoms with Crippen LogP contribution < -0.4 is 0 Å². The average Bonchev–Trinajstić information content (AvgIpc) is 3.43. The summed E-state index contributed by atoms with van der Waals surface area (Å²) in [5, 5.41) is -0.105. The summed E-state index contributed by atoms with van der Waals surface area (Å²) in [6.07, 6.45) is 7.93. The van der Waals surface area contributed by atoms with E-state index in [2.05, 4.69) is 4.90 Å². The van der Waals surface area contributed by atoms with E-state index in [0.717, 1.165) is 58.0 Å². The van der Waals surface area contributed by atoms with Crippen molar-refractivity contribution in [1.29, 1.82) is 0 Å². The topological polar surface area (TPSA) is 57.7 Å². The molecule has 2 saturated heterocycles. The molecule has 0 N–H and O–H groups in total. The number of hydrogen-bond donors (Lipinski definition) is 0. The number of carbonyl (C=O) groups is 1. The Morgan fingerprint density at radius 1 is 0.955 bits per heavy atom. The van der Waals surface area contributed by atoms with Crippen molar-refractivity contribution in [2.75, 3.05) is 26.2 Å². The van der Waals surface area contributed by atoms with Crippen molar-refractivity contribution in [3.63, 3.8) is 0 Å². The summed E-state index contributed by atoms with van der Waals surface area (Å²) in [5.41, 5.74) is 0.129. The fourth-order valence-electron chi connectivity index (χ4n) is 4.35. The molecule has 0 aromatic rings. The highest BCUT2D eigenvalue weighted by atomic mass is 32.2. The summed E-state index contributed by atoms with van der Waals surface area (Å²) in [6.45, 7) is 3.10. The lowest BCUT2D eigenvalue weighted by molar-refractivity contribution is -0.134. The van der Waals surface area contributed by atoms with Crippen LogP contribution in [0.3, 0.4) is 0 Å². The first-order chi connectivity index (χ1) is 10.5. The maximum Gasteiger partial charge on any atom is 0.226 e.